The Bertz CT molecular complexity index is 1870. The summed E-state index contributed by atoms with van der Waals surface area (Å²) in [4.78, 5) is 23.1. The Kier molecular flexibility index (Phi) is 4.82. The molecule has 2 aliphatic rings. The summed E-state index contributed by atoms with van der Waals surface area (Å²) in [6, 6.07) is 24.5. The summed E-state index contributed by atoms with van der Waals surface area (Å²) in [7, 11) is 1.67. The summed E-state index contributed by atoms with van der Waals surface area (Å²) in [6.07, 6.45) is 5.75. The van der Waals surface area contributed by atoms with Crippen molar-refractivity contribution in [3.63, 3.8) is 0 Å². The van der Waals surface area contributed by atoms with Gasteiger partial charge in [-0.3, -0.25) is 9.36 Å². The molecule has 0 saturated heterocycles. The molecule has 0 radical (unpaired) electrons. The number of benzene rings is 3. The van der Waals surface area contributed by atoms with Gasteiger partial charge >= 0.3 is 0 Å². The third-order valence-corrected chi connectivity index (χ3v) is 8.17. The topological polar surface area (TPSA) is 59.4 Å². The van der Waals surface area contributed by atoms with Crippen LogP contribution in [-0.2, 0) is 6.42 Å². The number of nitrogens with one attached hydrogen (secondary N) is 1. The van der Waals surface area contributed by atoms with Gasteiger partial charge in [0, 0.05) is 28.2 Å². The Labute approximate surface area is 211 Å². The first-order chi connectivity index (χ1) is 17.7. The molecule has 0 amide bonds. The van der Waals surface area contributed by atoms with Crippen LogP contribution in [0.25, 0.3) is 22.7 Å². The summed E-state index contributed by atoms with van der Waals surface area (Å²) >= 11 is 1.46. The molecule has 1 N–H and O–H groups in total. The van der Waals surface area contributed by atoms with Gasteiger partial charge in [0.15, 0.2) is 4.80 Å². The zero-order valence-electron chi connectivity index (χ0n) is 19.7. The van der Waals surface area contributed by atoms with E-state index >= 15 is 0 Å². The zero-order chi connectivity index (χ0) is 24.2. The van der Waals surface area contributed by atoms with Gasteiger partial charge in [0.2, 0.25) is 0 Å². The van der Waals surface area contributed by atoms with Crippen molar-refractivity contribution in [2.24, 2.45) is 4.99 Å². The number of hydrogen-bond donors (Lipinski definition) is 1. The van der Waals surface area contributed by atoms with E-state index in [0.717, 1.165) is 51.1 Å². The molecule has 0 saturated carbocycles. The van der Waals surface area contributed by atoms with Gasteiger partial charge in [0.1, 0.15) is 5.75 Å². The first-order valence-corrected chi connectivity index (χ1v) is 12.9. The van der Waals surface area contributed by atoms with E-state index in [0.29, 0.717) is 4.53 Å². The van der Waals surface area contributed by atoms with Crippen molar-refractivity contribution in [3.8, 4) is 5.75 Å². The van der Waals surface area contributed by atoms with Gasteiger partial charge in [-0.2, -0.15) is 0 Å². The molecule has 36 heavy (non-hydrogen) atoms. The van der Waals surface area contributed by atoms with Crippen molar-refractivity contribution in [2.75, 3.05) is 7.11 Å². The van der Waals surface area contributed by atoms with Crippen molar-refractivity contribution in [3.05, 3.63) is 127 Å². The molecule has 3 heterocycles. The number of hydrogen-bond acceptors (Lipinski definition) is 4. The van der Waals surface area contributed by atoms with Gasteiger partial charge in [0.05, 0.1) is 23.4 Å². The highest BCUT2D eigenvalue weighted by atomic mass is 32.1. The predicted octanol–water partition coefficient (Wildman–Crippen LogP) is 4.81. The van der Waals surface area contributed by atoms with Gasteiger partial charge in [0.25, 0.3) is 5.56 Å². The summed E-state index contributed by atoms with van der Waals surface area (Å²) < 4.78 is 8.10. The molecule has 1 atom stereocenters. The molecule has 6 heteroatoms. The first-order valence-electron chi connectivity index (χ1n) is 12.0. The largest absolute Gasteiger partial charge is 0.497 e. The van der Waals surface area contributed by atoms with Crippen LogP contribution in [0.3, 0.4) is 0 Å². The number of fused-ring (bicyclic) bond motifs is 4. The molecule has 0 spiro atoms. The van der Waals surface area contributed by atoms with Crippen LogP contribution in [0.4, 0.5) is 0 Å². The van der Waals surface area contributed by atoms with E-state index in [1.165, 1.54) is 28.0 Å². The van der Waals surface area contributed by atoms with Crippen LogP contribution in [0.5, 0.6) is 5.75 Å². The van der Waals surface area contributed by atoms with Gasteiger partial charge in [-0.1, -0.05) is 65.9 Å². The Balaban J connectivity index is 1.50. The molecule has 5 nitrogen and oxygen atoms in total. The highest BCUT2D eigenvalue weighted by molar-refractivity contribution is 7.07. The lowest BCUT2D eigenvalue weighted by Crippen LogP contribution is -2.38. The summed E-state index contributed by atoms with van der Waals surface area (Å²) in [5.74, 6) is 0.781. The number of nitrogens with zero attached hydrogens (tertiary/aromatic N) is 2. The summed E-state index contributed by atoms with van der Waals surface area (Å²) in [6.45, 7) is 0. The smallest absolute Gasteiger partial charge is 0.271 e. The molecule has 1 aliphatic heterocycles. The molecule has 3 aromatic carbocycles. The lowest BCUT2D eigenvalue weighted by Gasteiger charge is -2.31. The molecule has 176 valence electrons. The maximum absolute atomic E-state index is 14.0. The van der Waals surface area contributed by atoms with Crippen LogP contribution in [0, 0.1) is 0 Å². The van der Waals surface area contributed by atoms with Gasteiger partial charge in [-0.15, -0.1) is 0 Å². The molecule has 1 aliphatic carbocycles. The van der Waals surface area contributed by atoms with Crippen LogP contribution in [-0.4, -0.2) is 16.7 Å². The molecule has 0 bridgehead atoms. The van der Waals surface area contributed by atoms with Crippen molar-refractivity contribution in [1.82, 2.24) is 9.55 Å². The van der Waals surface area contributed by atoms with E-state index in [-0.39, 0.29) is 11.6 Å². The number of allylic oxidation sites excluding steroid dienone is 1. The van der Waals surface area contributed by atoms with E-state index < -0.39 is 0 Å². The number of aryl methyl sites for hydroxylation is 1. The zero-order valence-corrected chi connectivity index (χ0v) is 20.5. The average Bonchev–Trinajstić information content (AvgIpc) is 3.48. The molecule has 5 aromatic rings. The number of aromatic amines is 1. The number of ether oxygens (including phenoxy) is 1. The lowest BCUT2D eigenvalue weighted by molar-refractivity contribution is 0.413. The van der Waals surface area contributed by atoms with E-state index in [4.69, 9.17) is 9.73 Å². The number of para-hydroxylation sites is 1. The third kappa shape index (κ3) is 3.22. The molecular weight excluding hydrogens is 466 g/mol. The first kappa shape index (κ1) is 21.1. The average molecular weight is 490 g/mol. The lowest BCUT2D eigenvalue weighted by atomic mass is 9.83. The van der Waals surface area contributed by atoms with Crippen LogP contribution in [0.15, 0.2) is 94.4 Å². The number of methoxy groups -OCH3 is 1. The summed E-state index contributed by atoms with van der Waals surface area (Å²) in [5, 5.41) is 1.10. The minimum absolute atomic E-state index is 0.0118. The number of H-pyrrole nitrogens is 1. The maximum Gasteiger partial charge on any atom is 0.271 e. The van der Waals surface area contributed by atoms with Gasteiger partial charge in [-0.05, 0) is 53.8 Å². The Hall–Kier alpha value is -4.16. The Morgan fingerprint density at radius 3 is 2.83 bits per heavy atom. The number of thiazole rings is 1. The summed E-state index contributed by atoms with van der Waals surface area (Å²) in [5.41, 5.74) is 7.75. The molecule has 7 rings (SSSR count). The predicted molar refractivity (Wildman–Crippen MR) is 144 cm³/mol. The van der Waals surface area contributed by atoms with E-state index in [1.54, 1.807) is 7.11 Å². The SMILES string of the molecule is COc1cccc(C2C3=C(N=c4sc(=Cc5c[nH]c6ccccc56)c(=O)n42)c2ccccc2CC3)c1. The van der Waals surface area contributed by atoms with E-state index in [9.17, 15) is 4.79 Å². The van der Waals surface area contributed by atoms with Crippen molar-refractivity contribution >= 4 is 34.0 Å². The van der Waals surface area contributed by atoms with Crippen LogP contribution < -0.4 is 19.6 Å². The van der Waals surface area contributed by atoms with Crippen LogP contribution >= 0.6 is 11.3 Å². The molecule has 2 aromatic heterocycles. The third-order valence-electron chi connectivity index (χ3n) is 7.19. The molecular formula is C30H23N3O2S. The standard InChI is InChI=1S/C30H23N3O2S/c1-35-21-9-6-8-19(15-21)28-24-14-13-18-7-2-3-11-23(18)27(24)32-30-33(28)29(34)26(36-30)16-20-17-31-25-12-5-4-10-22(20)25/h2-12,15-17,28,31H,13-14H2,1H3. The Morgan fingerprint density at radius 1 is 1.06 bits per heavy atom. The highest BCUT2D eigenvalue weighted by Crippen LogP contribution is 2.41. The minimum atomic E-state index is -0.218. The molecule has 0 fully saturated rings. The van der Waals surface area contributed by atoms with Gasteiger partial charge in [-0.25, -0.2) is 4.99 Å². The quantitative estimate of drug-likeness (QED) is 0.396. The fourth-order valence-electron chi connectivity index (χ4n) is 5.49. The second-order valence-electron chi connectivity index (χ2n) is 9.18. The normalized spacial score (nSPS) is 16.9. The number of aromatic nitrogens is 2. The van der Waals surface area contributed by atoms with Gasteiger partial charge < -0.3 is 9.72 Å². The number of rotatable bonds is 3. The van der Waals surface area contributed by atoms with Crippen LogP contribution in [0.2, 0.25) is 0 Å². The monoisotopic (exact) mass is 489 g/mol. The second-order valence-corrected chi connectivity index (χ2v) is 10.2. The Morgan fingerprint density at radius 2 is 1.92 bits per heavy atom. The minimum Gasteiger partial charge on any atom is -0.497 e. The van der Waals surface area contributed by atoms with Crippen LogP contribution in [0.1, 0.15) is 34.7 Å². The highest BCUT2D eigenvalue weighted by Gasteiger charge is 2.32. The van der Waals surface area contributed by atoms with Crippen molar-refractivity contribution < 1.29 is 4.74 Å². The van der Waals surface area contributed by atoms with Crippen molar-refractivity contribution in [1.29, 1.82) is 0 Å². The van der Waals surface area contributed by atoms with E-state index in [2.05, 4.69) is 41.4 Å². The molecule has 1 unspecified atom stereocenters. The van der Waals surface area contributed by atoms with Crippen molar-refractivity contribution in [2.45, 2.75) is 18.9 Å². The second kappa shape index (κ2) is 8.21. The fourth-order valence-corrected chi connectivity index (χ4v) is 6.48. The maximum atomic E-state index is 14.0. The van der Waals surface area contributed by atoms with E-state index in [1.807, 2.05) is 53.2 Å². The fraction of sp³-hybridized carbons (Fsp3) is 0.133.